The highest BCUT2D eigenvalue weighted by Crippen LogP contribution is 2.30. The lowest BCUT2D eigenvalue weighted by atomic mass is 10.0. The van der Waals surface area contributed by atoms with E-state index in [-0.39, 0.29) is 6.04 Å². The molecule has 4 heteroatoms. The van der Waals surface area contributed by atoms with Gasteiger partial charge in [0.25, 0.3) is 0 Å². The molecule has 0 spiro atoms. The Balaban J connectivity index is 2.21. The van der Waals surface area contributed by atoms with Crippen molar-refractivity contribution < 1.29 is 0 Å². The molecule has 112 valence electrons. The van der Waals surface area contributed by atoms with E-state index in [1.165, 1.54) is 5.56 Å². The number of nitrogens with one attached hydrogen (secondary N) is 1. The summed E-state index contributed by atoms with van der Waals surface area (Å²) in [6.45, 7) is 2.17. The van der Waals surface area contributed by atoms with Gasteiger partial charge in [0.1, 0.15) is 0 Å². The molecule has 1 N–H and O–H groups in total. The van der Waals surface area contributed by atoms with Crippen LogP contribution in [0.15, 0.2) is 46.9 Å². The fourth-order valence-corrected chi connectivity index (χ4v) is 3.07. The molecule has 2 aromatic rings. The first-order valence-electron chi connectivity index (χ1n) is 7.00. The first kappa shape index (κ1) is 16.2. The Bertz CT molecular complexity index is 613. The van der Waals surface area contributed by atoms with E-state index in [4.69, 9.17) is 11.6 Å². The monoisotopic (exact) mass is 366 g/mol. The smallest absolute Gasteiger partial charge is 0.0659 e. The quantitative estimate of drug-likeness (QED) is 0.725. The van der Waals surface area contributed by atoms with Crippen molar-refractivity contribution in [2.24, 2.45) is 0 Å². The molecule has 0 aliphatic heterocycles. The van der Waals surface area contributed by atoms with Gasteiger partial charge in [-0.25, -0.2) is 0 Å². The number of hydrogen-bond acceptors (Lipinski definition) is 2. The first-order chi connectivity index (χ1) is 10.0. The van der Waals surface area contributed by atoms with Gasteiger partial charge >= 0.3 is 0 Å². The van der Waals surface area contributed by atoms with E-state index in [2.05, 4.69) is 52.4 Å². The molecule has 2 aromatic carbocycles. The van der Waals surface area contributed by atoms with E-state index < -0.39 is 0 Å². The molecule has 0 saturated heterocycles. The third kappa shape index (κ3) is 4.14. The summed E-state index contributed by atoms with van der Waals surface area (Å²) in [5.41, 5.74) is 3.33. The molecule has 0 saturated carbocycles. The van der Waals surface area contributed by atoms with Gasteiger partial charge in [-0.15, -0.1) is 0 Å². The van der Waals surface area contributed by atoms with Crippen molar-refractivity contribution in [2.75, 3.05) is 24.3 Å². The van der Waals surface area contributed by atoms with Gasteiger partial charge in [-0.05, 0) is 42.3 Å². The maximum absolute atomic E-state index is 6.33. The fourth-order valence-electron chi connectivity index (χ4n) is 2.30. The summed E-state index contributed by atoms with van der Waals surface area (Å²) in [5, 5.41) is 4.31. The van der Waals surface area contributed by atoms with Crippen molar-refractivity contribution in [3.8, 4) is 0 Å². The van der Waals surface area contributed by atoms with E-state index >= 15 is 0 Å². The Morgan fingerprint density at radius 2 is 1.95 bits per heavy atom. The van der Waals surface area contributed by atoms with Crippen LogP contribution >= 0.6 is 27.5 Å². The molecular weight excluding hydrogens is 348 g/mol. The molecule has 0 aliphatic carbocycles. The standard InChI is InChI=1S/C17H20BrClN2/c1-4-16(12-6-5-7-13(18)10-12)20-14-8-9-17(21(2)3)15(19)11-14/h5-11,16,20H,4H2,1-3H3. The molecule has 0 bridgehead atoms. The fraction of sp³-hybridized carbons (Fsp3) is 0.294. The number of benzene rings is 2. The molecule has 0 radical (unpaired) electrons. The highest BCUT2D eigenvalue weighted by atomic mass is 79.9. The predicted octanol–water partition coefficient (Wildman–Crippen LogP) is 5.73. The second-order valence-electron chi connectivity index (χ2n) is 5.22. The summed E-state index contributed by atoms with van der Waals surface area (Å²) in [5.74, 6) is 0. The zero-order valence-corrected chi connectivity index (χ0v) is 14.9. The average Bonchev–Trinajstić information content (AvgIpc) is 2.44. The molecular formula is C17H20BrClN2. The minimum Gasteiger partial charge on any atom is -0.378 e. The molecule has 1 atom stereocenters. The SMILES string of the molecule is CCC(Nc1ccc(N(C)C)c(Cl)c1)c1cccc(Br)c1. The largest absolute Gasteiger partial charge is 0.378 e. The normalized spacial score (nSPS) is 12.0. The van der Waals surface area contributed by atoms with E-state index in [0.717, 1.165) is 27.3 Å². The highest BCUT2D eigenvalue weighted by Gasteiger charge is 2.11. The van der Waals surface area contributed by atoms with Crippen molar-refractivity contribution >= 4 is 38.9 Å². The van der Waals surface area contributed by atoms with Crippen LogP contribution in [-0.4, -0.2) is 14.1 Å². The first-order valence-corrected chi connectivity index (χ1v) is 8.17. The zero-order valence-electron chi connectivity index (χ0n) is 12.5. The highest BCUT2D eigenvalue weighted by molar-refractivity contribution is 9.10. The Morgan fingerprint density at radius 1 is 1.19 bits per heavy atom. The van der Waals surface area contributed by atoms with Gasteiger partial charge in [0, 0.05) is 24.3 Å². The summed E-state index contributed by atoms with van der Waals surface area (Å²) in [4.78, 5) is 2.01. The van der Waals surface area contributed by atoms with Crippen LogP contribution in [0.5, 0.6) is 0 Å². The van der Waals surface area contributed by atoms with Gasteiger partial charge in [-0.2, -0.15) is 0 Å². The molecule has 21 heavy (non-hydrogen) atoms. The van der Waals surface area contributed by atoms with Crippen LogP contribution in [-0.2, 0) is 0 Å². The number of nitrogens with zero attached hydrogens (tertiary/aromatic N) is 1. The van der Waals surface area contributed by atoms with Gasteiger partial charge in [0.15, 0.2) is 0 Å². The molecule has 0 amide bonds. The molecule has 2 rings (SSSR count). The Morgan fingerprint density at radius 3 is 2.52 bits per heavy atom. The van der Waals surface area contributed by atoms with Crippen LogP contribution in [0.2, 0.25) is 5.02 Å². The summed E-state index contributed by atoms with van der Waals surface area (Å²) in [7, 11) is 3.98. The van der Waals surface area contributed by atoms with E-state index in [1.807, 2.05) is 37.2 Å². The van der Waals surface area contributed by atoms with Crippen LogP contribution in [0.4, 0.5) is 11.4 Å². The summed E-state index contributed by atoms with van der Waals surface area (Å²) < 4.78 is 1.10. The van der Waals surface area contributed by atoms with Crippen LogP contribution in [0.3, 0.4) is 0 Å². The number of anilines is 2. The van der Waals surface area contributed by atoms with Gasteiger partial charge in [0.05, 0.1) is 16.8 Å². The van der Waals surface area contributed by atoms with Crippen LogP contribution in [0.1, 0.15) is 24.9 Å². The van der Waals surface area contributed by atoms with Crippen molar-refractivity contribution in [1.29, 1.82) is 0 Å². The molecule has 0 heterocycles. The Hall–Kier alpha value is -1.19. The van der Waals surface area contributed by atoms with Crippen molar-refractivity contribution in [3.05, 3.63) is 57.5 Å². The Kier molecular flexibility index (Phi) is 5.54. The van der Waals surface area contributed by atoms with Crippen LogP contribution < -0.4 is 10.2 Å². The maximum atomic E-state index is 6.33. The number of halogens is 2. The summed E-state index contributed by atoms with van der Waals surface area (Å²) >= 11 is 9.86. The second kappa shape index (κ2) is 7.19. The Labute approximate surface area is 140 Å². The van der Waals surface area contributed by atoms with Gasteiger partial charge in [0.2, 0.25) is 0 Å². The van der Waals surface area contributed by atoms with E-state index in [1.54, 1.807) is 0 Å². The van der Waals surface area contributed by atoms with Crippen molar-refractivity contribution in [3.63, 3.8) is 0 Å². The number of rotatable bonds is 5. The molecule has 0 fully saturated rings. The lowest BCUT2D eigenvalue weighted by Gasteiger charge is -2.21. The molecule has 2 nitrogen and oxygen atoms in total. The minimum atomic E-state index is 0.267. The number of hydrogen-bond donors (Lipinski definition) is 1. The van der Waals surface area contributed by atoms with E-state index in [9.17, 15) is 0 Å². The molecule has 0 aliphatic rings. The lowest BCUT2D eigenvalue weighted by Crippen LogP contribution is -2.11. The van der Waals surface area contributed by atoms with E-state index in [0.29, 0.717) is 0 Å². The minimum absolute atomic E-state index is 0.267. The third-order valence-electron chi connectivity index (χ3n) is 3.43. The second-order valence-corrected chi connectivity index (χ2v) is 6.54. The predicted molar refractivity (Wildman–Crippen MR) is 96.6 cm³/mol. The van der Waals surface area contributed by atoms with Gasteiger partial charge in [-0.3, -0.25) is 0 Å². The zero-order chi connectivity index (χ0) is 15.4. The van der Waals surface area contributed by atoms with Crippen LogP contribution in [0, 0.1) is 0 Å². The maximum Gasteiger partial charge on any atom is 0.0659 e. The summed E-state index contributed by atoms with van der Waals surface area (Å²) in [6, 6.07) is 14.8. The van der Waals surface area contributed by atoms with Gasteiger partial charge in [-0.1, -0.05) is 46.6 Å². The molecule has 0 aromatic heterocycles. The van der Waals surface area contributed by atoms with Crippen LogP contribution in [0.25, 0.3) is 0 Å². The van der Waals surface area contributed by atoms with Gasteiger partial charge < -0.3 is 10.2 Å². The average molecular weight is 368 g/mol. The third-order valence-corrected chi connectivity index (χ3v) is 4.23. The molecule has 1 unspecified atom stereocenters. The topological polar surface area (TPSA) is 15.3 Å². The lowest BCUT2D eigenvalue weighted by molar-refractivity contribution is 0.749. The van der Waals surface area contributed by atoms with Crippen molar-refractivity contribution in [2.45, 2.75) is 19.4 Å². The van der Waals surface area contributed by atoms with Crippen molar-refractivity contribution in [1.82, 2.24) is 0 Å². The summed E-state index contributed by atoms with van der Waals surface area (Å²) in [6.07, 6.45) is 1.00.